The van der Waals surface area contributed by atoms with Gasteiger partial charge in [-0.05, 0) is 30.2 Å². The van der Waals surface area contributed by atoms with Crippen molar-refractivity contribution in [3.63, 3.8) is 0 Å². The van der Waals surface area contributed by atoms with Crippen molar-refractivity contribution < 1.29 is 18.4 Å². The number of aryl methyl sites for hydroxylation is 1. The van der Waals surface area contributed by atoms with E-state index in [0.717, 1.165) is 5.56 Å². The maximum atomic E-state index is 14.4. The molecule has 0 radical (unpaired) electrons. The van der Waals surface area contributed by atoms with Gasteiger partial charge in [-0.1, -0.05) is 19.1 Å². The summed E-state index contributed by atoms with van der Waals surface area (Å²) in [5.74, 6) is -1.13. The number of amides is 2. The Morgan fingerprint density at radius 2 is 2.00 bits per heavy atom. The third kappa shape index (κ3) is 4.18. The fraction of sp³-hybridized carbons (Fsp3) is 0.381. The van der Waals surface area contributed by atoms with E-state index in [4.69, 9.17) is 0 Å². The second-order valence-corrected chi connectivity index (χ2v) is 6.97. The van der Waals surface area contributed by atoms with Crippen molar-refractivity contribution in [2.24, 2.45) is 0 Å². The van der Waals surface area contributed by atoms with Crippen molar-refractivity contribution in [2.75, 3.05) is 25.0 Å². The lowest BCUT2D eigenvalue weighted by Gasteiger charge is -2.40. The summed E-state index contributed by atoms with van der Waals surface area (Å²) in [6.45, 7) is 2.75. The summed E-state index contributed by atoms with van der Waals surface area (Å²) in [5.41, 5.74) is 1.48. The van der Waals surface area contributed by atoms with Crippen LogP contribution in [-0.4, -0.2) is 41.8 Å². The van der Waals surface area contributed by atoms with Gasteiger partial charge in [0.15, 0.2) is 0 Å². The minimum atomic E-state index is -0.543. The summed E-state index contributed by atoms with van der Waals surface area (Å²) in [7, 11) is 1.55. The van der Waals surface area contributed by atoms with Gasteiger partial charge in [-0.25, -0.2) is 9.37 Å². The van der Waals surface area contributed by atoms with Gasteiger partial charge in [-0.15, -0.1) is 0 Å². The number of pyridine rings is 1. The number of carbonyl (C=O) groups is 2. The molecule has 0 aliphatic carbocycles. The second kappa shape index (κ2) is 8.46. The SMILES string of the molecule is CCC(=O)N(C)c1ccc(C2CN(C(=O)CCc3cccnc3F)C2)cc1F. The Bertz CT molecular complexity index is 882. The van der Waals surface area contributed by atoms with Gasteiger partial charge in [0, 0.05) is 50.7 Å². The van der Waals surface area contributed by atoms with Crippen molar-refractivity contribution in [1.29, 1.82) is 0 Å². The molecule has 2 heterocycles. The molecular weight excluding hydrogens is 364 g/mol. The molecule has 3 rings (SSSR count). The summed E-state index contributed by atoms with van der Waals surface area (Å²) in [6.07, 6.45) is 2.20. The highest BCUT2D eigenvalue weighted by Gasteiger charge is 2.32. The molecule has 0 N–H and O–H groups in total. The predicted molar refractivity (Wildman–Crippen MR) is 102 cm³/mol. The molecule has 1 aliphatic rings. The number of carbonyl (C=O) groups excluding carboxylic acids is 2. The Morgan fingerprint density at radius 1 is 1.25 bits per heavy atom. The summed E-state index contributed by atoms with van der Waals surface area (Å²) in [6, 6.07) is 8.11. The van der Waals surface area contributed by atoms with Gasteiger partial charge in [0.05, 0.1) is 5.69 Å². The van der Waals surface area contributed by atoms with E-state index in [1.54, 1.807) is 43.1 Å². The smallest absolute Gasteiger partial charge is 0.226 e. The Kier molecular flexibility index (Phi) is 6.02. The number of benzene rings is 1. The largest absolute Gasteiger partial charge is 0.341 e. The zero-order chi connectivity index (χ0) is 20.3. The average Bonchev–Trinajstić information content (AvgIpc) is 2.65. The zero-order valence-corrected chi connectivity index (χ0v) is 16.0. The third-order valence-electron chi connectivity index (χ3n) is 5.16. The van der Waals surface area contributed by atoms with Gasteiger partial charge >= 0.3 is 0 Å². The minimum Gasteiger partial charge on any atom is -0.341 e. The summed E-state index contributed by atoms with van der Waals surface area (Å²) in [4.78, 5) is 30.6. The molecule has 1 fully saturated rings. The molecule has 1 saturated heterocycles. The first-order valence-corrected chi connectivity index (χ1v) is 9.33. The van der Waals surface area contributed by atoms with Crippen LogP contribution in [0, 0.1) is 11.8 Å². The second-order valence-electron chi connectivity index (χ2n) is 6.97. The van der Waals surface area contributed by atoms with E-state index >= 15 is 0 Å². The van der Waals surface area contributed by atoms with Crippen molar-refractivity contribution in [3.8, 4) is 0 Å². The number of nitrogens with zero attached hydrogens (tertiary/aromatic N) is 3. The highest BCUT2D eigenvalue weighted by Crippen LogP contribution is 2.31. The number of aromatic nitrogens is 1. The molecule has 5 nitrogen and oxygen atoms in total. The van der Waals surface area contributed by atoms with E-state index in [-0.39, 0.29) is 29.8 Å². The minimum absolute atomic E-state index is 0.0510. The standard InChI is InChI=1S/C21H23F2N3O2/c1-3-19(27)25(2)18-8-6-15(11-17(18)22)16-12-26(13-16)20(28)9-7-14-5-4-10-24-21(14)23/h4-6,8,10-11,16H,3,7,9,12-13H2,1-2H3. The van der Waals surface area contributed by atoms with Crippen LogP contribution in [0.5, 0.6) is 0 Å². The van der Waals surface area contributed by atoms with E-state index in [0.29, 0.717) is 31.5 Å². The van der Waals surface area contributed by atoms with Crippen molar-refractivity contribution in [1.82, 2.24) is 9.88 Å². The van der Waals surface area contributed by atoms with E-state index < -0.39 is 11.8 Å². The van der Waals surface area contributed by atoms with Crippen LogP contribution < -0.4 is 4.90 Å². The quantitative estimate of drug-likeness (QED) is 0.715. The van der Waals surface area contributed by atoms with Gasteiger partial charge in [-0.3, -0.25) is 9.59 Å². The Hall–Kier alpha value is -2.83. The van der Waals surface area contributed by atoms with E-state index in [1.807, 2.05) is 0 Å². The maximum absolute atomic E-state index is 14.4. The number of hydrogen-bond donors (Lipinski definition) is 0. The normalized spacial score (nSPS) is 13.9. The molecule has 0 unspecified atom stereocenters. The molecule has 0 atom stereocenters. The highest BCUT2D eigenvalue weighted by atomic mass is 19.1. The lowest BCUT2D eigenvalue weighted by atomic mass is 9.90. The number of halogens is 2. The summed E-state index contributed by atoms with van der Waals surface area (Å²) >= 11 is 0. The first-order chi connectivity index (χ1) is 13.4. The van der Waals surface area contributed by atoms with Crippen LogP contribution in [-0.2, 0) is 16.0 Å². The molecule has 7 heteroatoms. The molecule has 1 aromatic heterocycles. The molecule has 1 aliphatic heterocycles. The fourth-order valence-electron chi connectivity index (χ4n) is 3.32. The van der Waals surface area contributed by atoms with Gasteiger partial charge < -0.3 is 9.80 Å². The summed E-state index contributed by atoms with van der Waals surface area (Å²) in [5, 5.41) is 0. The van der Waals surface area contributed by atoms with Gasteiger partial charge in [0.1, 0.15) is 5.82 Å². The Labute approximate surface area is 163 Å². The molecule has 1 aromatic carbocycles. The molecule has 28 heavy (non-hydrogen) atoms. The third-order valence-corrected chi connectivity index (χ3v) is 5.16. The van der Waals surface area contributed by atoms with Crippen LogP contribution in [0.2, 0.25) is 0 Å². The van der Waals surface area contributed by atoms with Gasteiger partial charge in [0.25, 0.3) is 0 Å². The van der Waals surface area contributed by atoms with Gasteiger partial charge in [-0.2, -0.15) is 4.39 Å². The molecule has 0 spiro atoms. The predicted octanol–water partition coefficient (Wildman–Crippen LogP) is 3.29. The van der Waals surface area contributed by atoms with Crippen molar-refractivity contribution >= 4 is 17.5 Å². The average molecular weight is 387 g/mol. The van der Waals surface area contributed by atoms with Crippen LogP contribution in [0.15, 0.2) is 36.5 Å². The topological polar surface area (TPSA) is 53.5 Å². The monoisotopic (exact) mass is 387 g/mol. The molecular formula is C21H23F2N3O2. The maximum Gasteiger partial charge on any atom is 0.226 e. The van der Waals surface area contributed by atoms with Crippen molar-refractivity contribution in [3.05, 3.63) is 59.4 Å². The first kappa shape index (κ1) is 19.9. The molecule has 0 bridgehead atoms. The Balaban J connectivity index is 1.54. The molecule has 2 amide bonds. The molecule has 2 aromatic rings. The van der Waals surface area contributed by atoms with Crippen LogP contribution in [0.1, 0.15) is 36.8 Å². The molecule has 148 valence electrons. The first-order valence-electron chi connectivity index (χ1n) is 9.33. The van der Waals surface area contributed by atoms with Crippen LogP contribution in [0.4, 0.5) is 14.5 Å². The molecule has 0 saturated carbocycles. The zero-order valence-electron chi connectivity index (χ0n) is 16.0. The van der Waals surface area contributed by atoms with Crippen LogP contribution in [0.25, 0.3) is 0 Å². The van der Waals surface area contributed by atoms with E-state index in [9.17, 15) is 18.4 Å². The number of rotatable bonds is 6. The number of hydrogen-bond acceptors (Lipinski definition) is 3. The van der Waals surface area contributed by atoms with E-state index in [2.05, 4.69) is 4.98 Å². The number of anilines is 1. The van der Waals surface area contributed by atoms with Gasteiger partial charge in [0.2, 0.25) is 17.8 Å². The highest BCUT2D eigenvalue weighted by molar-refractivity contribution is 5.92. The lowest BCUT2D eigenvalue weighted by Crippen LogP contribution is -2.48. The summed E-state index contributed by atoms with van der Waals surface area (Å²) < 4.78 is 27.9. The Morgan fingerprint density at radius 3 is 2.64 bits per heavy atom. The van der Waals surface area contributed by atoms with Crippen molar-refractivity contribution in [2.45, 2.75) is 32.1 Å². The lowest BCUT2D eigenvalue weighted by molar-refractivity contribution is -0.135. The fourth-order valence-corrected chi connectivity index (χ4v) is 3.32. The van der Waals surface area contributed by atoms with E-state index in [1.165, 1.54) is 17.2 Å². The van der Waals surface area contributed by atoms with Crippen LogP contribution >= 0.6 is 0 Å². The van der Waals surface area contributed by atoms with Crippen LogP contribution in [0.3, 0.4) is 0 Å². The number of likely N-dealkylation sites (tertiary alicyclic amines) is 1.